The van der Waals surface area contributed by atoms with E-state index in [1.807, 2.05) is 0 Å². The molecule has 0 bridgehead atoms. The van der Waals surface area contributed by atoms with Crippen molar-refractivity contribution in [3.05, 3.63) is 28.0 Å². The summed E-state index contributed by atoms with van der Waals surface area (Å²) < 4.78 is 4.88. The Kier molecular flexibility index (Phi) is 5.91. The largest absolute Gasteiger partial charge is 0.433 e. The minimum absolute atomic E-state index is 0.0726. The number of carbonyl (C=O) groups is 2. The van der Waals surface area contributed by atoms with Crippen LogP contribution in [0.25, 0.3) is 0 Å². The second-order valence-corrected chi connectivity index (χ2v) is 5.62. The molecule has 2 amide bonds. The molecule has 1 aromatic heterocycles. The number of furan rings is 1. The topological polar surface area (TPSA) is 109 Å². The SMILES string of the molecule is CCN(CC)CCNC(=O)C1CN(C(=O)c2ccc([N+](=O)[O-])o2)C1. The normalized spacial score (nSPS) is 14.5. The third kappa shape index (κ3) is 4.10. The quantitative estimate of drug-likeness (QED) is 0.552. The van der Waals surface area contributed by atoms with Crippen molar-refractivity contribution in [2.75, 3.05) is 39.3 Å². The molecule has 132 valence electrons. The van der Waals surface area contributed by atoms with Gasteiger partial charge in [0.1, 0.15) is 4.92 Å². The van der Waals surface area contributed by atoms with E-state index >= 15 is 0 Å². The van der Waals surface area contributed by atoms with Crippen molar-refractivity contribution >= 4 is 17.7 Å². The fourth-order valence-corrected chi connectivity index (χ4v) is 2.53. The molecule has 0 spiro atoms. The Morgan fingerprint density at radius 1 is 1.38 bits per heavy atom. The standard InChI is InChI=1S/C15H22N4O5/c1-3-17(4-2)8-7-16-14(20)11-9-18(10-11)15(21)12-5-6-13(24-12)19(22)23/h5-6,11H,3-4,7-10H2,1-2H3,(H,16,20). The molecule has 9 nitrogen and oxygen atoms in total. The summed E-state index contributed by atoms with van der Waals surface area (Å²) in [5.74, 6) is -1.30. The van der Waals surface area contributed by atoms with Crippen LogP contribution in [0.4, 0.5) is 5.88 Å². The zero-order valence-electron chi connectivity index (χ0n) is 13.9. The van der Waals surface area contributed by atoms with Crippen LogP contribution in [0.1, 0.15) is 24.4 Å². The molecule has 24 heavy (non-hydrogen) atoms. The number of rotatable bonds is 8. The number of hydrogen-bond acceptors (Lipinski definition) is 6. The first-order chi connectivity index (χ1) is 11.5. The molecule has 1 N–H and O–H groups in total. The van der Waals surface area contributed by atoms with E-state index in [-0.39, 0.29) is 17.6 Å². The zero-order chi connectivity index (χ0) is 17.7. The third-order valence-corrected chi connectivity index (χ3v) is 4.14. The molecule has 0 saturated carbocycles. The monoisotopic (exact) mass is 338 g/mol. The van der Waals surface area contributed by atoms with Crippen LogP contribution in [0.3, 0.4) is 0 Å². The molecular weight excluding hydrogens is 316 g/mol. The van der Waals surface area contributed by atoms with Crippen molar-refractivity contribution in [1.29, 1.82) is 0 Å². The first-order valence-electron chi connectivity index (χ1n) is 7.99. The lowest BCUT2D eigenvalue weighted by molar-refractivity contribution is -0.402. The highest BCUT2D eigenvalue weighted by Crippen LogP contribution is 2.22. The lowest BCUT2D eigenvalue weighted by Gasteiger charge is -2.37. The lowest BCUT2D eigenvalue weighted by Crippen LogP contribution is -2.56. The van der Waals surface area contributed by atoms with Gasteiger partial charge in [-0.05, 0) is 19.2 Å². The maximum absolute atomic E-state index is 12.1. The molecule has 0 aliphatic carbocycles. The molecule has 0 radical (unpaired) electrons. The molecule has 1 aliphatic heterocycles. The van der Waals surface area contributed by atoms with Gasteiger partial charge in [-0.3, -0.25) is 19.7 Å². The molecule has 1 aromatic rings. The van der Waals surface area contributed by atoms with Crippen molar-refractivity contribution in [3.8, 4) is 0 Å². The van der Waals surface area contributed by atoms with E-state index in [0.717, 1.165) is 25.7 Å². The van der Waals surface area contributed by atoms with E-state index < -0.39 is 16.7 Å². The summed E-state index contributed by atoms with van der Waals surface area (Å²) in [7, 11) is 0. The number of nitrogens with one attached hydrogen (secondary N) is 1. The van der Waals surface area contributed by atoms with Crippen LogP contribution < -0.4 is 5.32 Å². The smallest absolute Gasteiger partial charge is 0.395 e. The summed E-state index contributed by atoms with van der Waals surface area (Å²) in [4.78, 5) is 37.6. The van der Waals surface area contributed by atoms with Crippen LogP contribution in [-0.4, -0.2) is 65.8 Å². The molecule has 1 fully saturated rings. The van der Waals surface area contributed by atoms with Crippen LogP contribution in [0.2, 0.25) is 0 Å². The molecule has 0 aromatic carbocycles. The van der Waals surface area contributed by atoms with Gasteiger partial charge in [0.25, 0.3) is 5.91 Å². The lowest BCUT2D eigenvalue weighted by atomic mass is 9.99. The van der Waals surface area contributed by atoms with Gasteiger partial charge in [0.2, 0.25) is 5.91 Å². The van der Waals surface area contributed by atoms with E-state index in [4.69, 9.17) is 4.42 Å². The maximum Gasteiger partial charge on any atom is 0.433 e. The van der Waals surface area contributed by atoms with Crippen LogP contribution in [0, 0.1) is 16.0 Å². The highest BCUT2D eigenvalue weighted by molar-refractivity contribution is 5.94. The first-order valence-corrected chi connectivity index (χ1v) is 7.99. The minimum Gasteiger partial charge on any atom is -0.395 e. The summed E-state index contributed by atoms with van der Waals surface area (Å²) in [6.45, 7) is 7.98. The number of nitro groups is 1. The molecule has 9 heteroatoms. The summed E-state index contributed by atoms with van der Waals surface area (Å²) in [6.07, 6.45) is 0. The summed E-state index contributed by atoms with van der Waals surface area (Å²) >= 11 is 0. The number of nitrogens with zero attached hydrogens (tertiary/aromatic N) is 3. The average Bonchev–Trinajstić information content (AvgIpc) is 3.00. The van der Waals surface area contributed by atoms with E-state index in [1.54, 1.807) is 0 Å². The Balaban J connectivity index is 1.74. The van der Waals surface area contributed by atoms with Gasteiger partial charge in [-0.2, -0.15) is 0 Å². The van der Waals surface area contributed by atoms with E-state index in [1.165, 1.54) is 11.0 Å². The number of amides is 2. The molecule has 1 saturated heterocycles. The van der Waals surface area contributed by atoms with Crippen LogP contribution >= 0.6 is 0 Å². The average molecular weight is 338 g/mol. The fraction of sp³-hybridized carbons (Fsp3) is 0.600. The van der Waals surface area contributed by atoms with Crippen LogP contribution in [0.5, 0.6) is 0 Å². The van der Waals surface area contributed by atoms with Crippen molar-refractivity contribution in [1.82, 2.24) is 15.1 Å². The maximum atomic E-state index is 12.1. The van der Waals surface area contributed by atoms with Gasteiger partial charge in [0.15, 0.2) is 5.76 Å². The predicted molar refractivity (Wildman–Crippen MR) is 85.6 cm³/mol. The van der Waals surface area contributed by atoms with E-state index in [2.05, 4.69) is 24.1 Å². The van der Waals surface area contributed by atoms with E-state index in [0.29, 0.717) is 19.6 Å². The highest BCUT2D eigenvalue weighted by atomic mass is 16.6. The summed E-state index contributed by atoms with van der Waals surface area (Å²) in [5.41, 5.74) is 0. The van der Waals surface area contributed by atoms with Crippen molar-refractivity contribution in [2.24, 2.45) is 5.92 Å². The molecule has 1 aliphatic rings. The van der Waals surface area contributed by atoms with Gasteiger partial charge >= 0.3 is 5.88 Å². The molecular formula is C15H22N4O5. The molecule has 2 heterocycles. The van der Waals surface area contributed by atoms with Gasteiger partial charge in [-0.25, -0.2) is 0 Å². The first kappa shape index (κ1) is 17.9. The Labute approximate surface area is 139 Å². The van der Waals surface area contributed by atoms with Gasteiger partial charge in [-0.1, -0.05) is 13.8 Å². The fourth-order valence-electron chi connectivity index (χ4n) is 2.53. The second kappa shape index (κ2) is 7.91. The number of carbonyl (C=O) groups excluding carboxylic acids is 2. The minimum atomic E-state index is -0.695. The Morgan fingerprint density at radius 3 is 2.58 bits per heavy atom. The number of likely N-dealkylation sites (tertiary alicyclic amines) is 1. The third-order valence-electron chi connectivity index (χ3n) is 4.14. The van der Waals surface area contributed by atoms with Crippen molar-refractivity contribution in [3.63, 3.8) is 0 Å². The Hall–Kier alpha value is -2.42. The van der Waals surface area contributed by atoms with Gasteiger partial charge < -0.3 is 19.5 Å². The zero-order valence-corrected chi connectivity index (χ0v) is 13.9. The summed E-state index contributed by atoms with van der Waals surface area (Å²) in [6, 6.07) is 2.42. The Bertz CT molecular complexity index is 605. The molecule has 2 rings (SSSR count). The van der Waals surface area contributed by atoms with E-state index in [9.17, 15) is 19.7 Å². The van der Waals surface area contributed by atoms with Crippen LogP contribution in [-0.2, 0) is 4.79 Å². The van der Waals surface area contributed by atoms with Crippen molar-refractivity contribution in [2.45, 2.75) is 13.8 Å². The summed E-state index contributed by atoms with van der Waals surface area (Å²) in [5, 5.41) is 13.4. The molecule has 0 atom stereocenters. The van der Waals surface area contributed by atoms with Gasteiger partial charge in [-0.15, -0.1) is 0 Å². The second-order valence-electron chi connectivity index (χ2n) is 5.62. The Morgan fingerprint density at radius 2 is 2.04 bits per heavy atom. The van der Waals surface area contributed by atoms with Gasteiger partial charge in [0, 0.05) is 26.2 Å². The number of hydrogen-bond donors (Lipinski definition) is 1. The highest BCUT2D eigenvalue weighted by Gasteiger charge is 2.37. The van der Waals surface area contributed by atoms with Gasteiger partial charge in [0.05, 0.1) is 12.0 Å². The van der Waals surface area contributed by atoms with Crippen molar-refractivity contribution < 1.29 is 18.9 Å². The van der Waals surface area contributed by atoms with Crippen LogP contribution in [0.15, 0.2) is 16.5 Å². The predicted octanol–water partition coefficient (Wildman–Crippen LogP) is 0.718. The molecule has 0 unspecified atom stereocenters. The number of likely N-dealkylation sites (N-methyl/N-ethyl adjacent to an activating group) is 1.